The van der Waals surface area contributed by atoms with Gasteiger partial charge in [-0.1, -0.05) is 53.2 Å². The summed E-state index contributed by atoms with van der Waals surface area (Å²) in [5, 5.41) is 17.9. The normalized spacial score (nSPS) is 10.9. The first-order chi connectivity index (χ1) is 10.7. The molecule has 1 aromatic heterocycles. The Morgan fingerprint density at radius 2 is 1.86 bits per heavy atom. The highest BCUT2D eigenvalue weighted by Crippen LogP contribution is 2.24. The van der Waals surface area contributed by atoms with Gasteiger partial charge >= 0.3 is 0 Å². The Labute approximate surface area is 130 Å². The van der Waals surface area contributed by atoms with E-state index in [1.54, 1.807) is 0 Å². The van der Waals surface area contributed by atoms with Crippen LogP contribution in [0.1, 0.15) is 22.4 Å². The molecule has 0 unspecified atom stereocenters. The summed E-state index contributed by atoms with van der Waals surface area (Å²) in [6, 6.07) is 16.4. The minimum Gasteiger partial charge on any atom is -0.390 e. The smallest absolute Gasteiger partial charge is 0.116 e. The molecule has 1 N–H and O–H groups in total. The van der Waals surface area contributed by atoms with Crippen molar-refractivity contribution < 1.29 is 5.11 Å². The van der Waals surface area contributed by atoms with E-state index < -0.39 is 0 Å². The summed E-state index contributed by atoms with van der Waals surface area (Å²) in [6.45, 7) is 4.67. The Balaban J connectivity index is 2.06. The molecule has 0 aliphatic heterocycles. The van der Waals surface area contributed by atoms with Crippen LogP contribution in [0.15, 0.2) is 48.5 Å². The van der Waals surface area contributed by atoms with Gasteiger partial charge in [0.05, 0.1) is 18.8 Å². The predicted molar refractivity (Wildman–Crippen MR) is 86.4 cm³/mol. The van der Waals surface area contributed by atoms with Gasteiger partial charge in [-0.15, -0.1) is 5.10 Å². The molecule has 0 radical (unpaired) electrons. The van der Waals surface area contributed by atoms with Gasteiger partial charge in [-0.2, -0.15) is 0 Å². The highest BCUT2D eigenvalue weighted by atomic mass is 16.3. The lowest BCUT2D eigenvalue weighted by molar-refractivity contribution is 0.277. The van der Waals surface area contributed by atoms with Crippen LogP contribution in [-0.4, -0.2) is 20.1 Å². The van der Waals surface area contributed by atoms with Crippen LogP contribution in [0.4, 0.5) is 0 Å². The molecule has 112 valence electrons. The molecular formula is C18H19N3O. The third-order valence-electron chi connectivity index (χ3n) is 3.83. The molecule has 0 aliphatic rings. The molecule has 0 fully saturated rings. The molecule has 0 amide bonds. The van der Waals surface area contributed by atoms with Gasteiger partial charge in [0, 0.05) is 5.56 Å². The number of hydrogen-bond donors (Lipinski definition) is 1. The van der Waals surface area contributed by atoms with Crippen LogP contribution in [-0.2, 0) is 13.2 Å². The predicted octanol–water partition coefficient (Wildman–Crippen LogP) is 3.10. The minimum absolute atomic E-state index is 0.114. The molecule has 2 aromatic carbocycles. The molecule has 0 aliphatic carbocycles. The van der Waals surface area contributed by atoms with E-state index in [0.717, 1.165) is 11.3 Å². The first-order valence-electron chi connectivity index (χ1n) is 7.34. The number of hydrogen-bond acceptors (Lipinski definition) is 3. The number of nitrogens with zero attached hydrogens (tertiary/aromatic N) is 3. The number of aliphatic hydroxyl groups excluding tert-OH is 1. The quantitative estimate of drug-likeness (QED) is 0.804. The second-order valence-electron chi connectivity index (χ2n) is 5.50. The van der Waals surface area contributed by atoms with Crippen molar-refractivity contribution in [1.29, 1.82) is 0 Å². The summed E-state index contributed by atoms with van der Waals surface area (Å²) in [5.41, 5.74) is 6.12. The van der Waals surface area contributed by atoms with E-state index in [1.807, 2.05) is 28.9 Å². The summed E-state index contributed by atoms with van der Waals surface area (Å²) in [5.74, 6) is 0. The van der Waals surface area contributed by atoms with Gasteiger partial charge in [0.1, 0.15) is 5.69 Å². The van der Waals surface area contributed by atoms with E-state index in [1.165, 1.54) is 16.7 Å². The Bertz CT molecular complexity index is 793. The molecule has 0 bridgehead atoms. The van der Waals surface area contributed by atoms with Crippen LogP contribution in [0.25, 0.3) is 11.3 Å². The fourth-order valence-electron chi connectivity index (χ4n) is 2.62. The highest BCUT2D eigenvalue weighted by molar-refractivity contribution is 5.62. The number of benzene rings is 2. The number of aryl methyl sites for hydroxylation is 2. The molecule has 0 spiro atoms. The minimum atomic E-state index is -0.114. The number of aromatic nitrogens is 3. The van der Waals surface area contributed by atoms with Crippen molar-refractivity contribution in [3.63, 3.8) is 0 Å². The molecule has 0 saturated heterocycles. The lowest BCUT2D eigenvalue weighted by atomic mass is 10.1. The number of rotatable bonds is 4. The van der Waals surface area contributed by atoms with Crippen molar-refractivity contribution in [1.82, 2.24) is 15.0 Å². The van der Waals surface area contributed by atoms with Crippen molar-refractivity contribution in [2.75, 3.05) is 0 Å². The van der Waals surface area contributed by atoms with E-state index in [2.05, 4.69) is 48.4 Å². The molecule has 4 heteroatoms. The molecule has 3 rings (SSSR count). The van der Waals surface area contributed by atoms with Gasteiger partial charge in [0.25, 0.3) is 0 Å². The van der Waals surface area contributed by atoms with Crippen LogP contribution >= 0.6 is 0 Å². The van der Waals surface area contributed by atoms with Crippen molar-refractivity contribution >= 4 is 0 Å². The van der Waals surface area contributed by atoms with E-state index in [0.29, 0.717) is 12.2 Å². The fraction of sp³-hybridized carbons (Fsp3) is 0.222. The van der Waals surface area contributed by atoms with E-state index in [-0.39, 0.29) is 6.61 Å². The van der Waals surface area contributed by atoms with Crippen molar-refractivity contribution in [3.8, 4) is 11.3 Å². The summed E-state index contributed by atoms with van der Waals surface area (Å²) < 4.78 is 1.86. The SMILES string of the molecule is Cc1cccc(-c2c(CO)nnn2Cc2ccccc2C)c1. The van der Waals surface area contributed by atoms with Crippen molar-refractivity contribution in [3.05, 3.63) is 70.9 Å². The van der Waals surface area contributed by atoms with Crippen LogP contribution in [0.2, 0.25) is 0 Å². The topological polar surface area (TPSA) is 50.9 Å². The molecule has 3 aromatic rings. The van der Waals surface area contributed by atoms with E-state index in [9.17, 15) is 5.11 Å². The first-order valence-corrected chi connectivity index (χ1v) is 7.34. The fourth-order valence-corrected chi connectivity index (χ4v) is 2.62. The average molecular weight is 293 g/mol. The number of aliphatic hydroxyl groups is 1. The molecule has 0 saturated carbocycles. The van der Waals surface area contributed by atoms with Gasteiger partial charge in [-0.25, -0.2) is 4.68 Å². The van der Waals surface area contributed by atoms with Gasteiger partial charge < -0.3 is 5.11 Å². The van der Waals surface area contributed by atoms with Gasteiger partial charge in [0.15, 0.2) is 0 Å². The van der Waals surface area contributed by atoms with Gasteiger partial charge in [-0.3, -0.25) is 0 Å². The van der Waals surface area contributed by atoms with Crippen LogP contribution < -0.4 is 0 Å². The third kappa shape index (κ3) is 2.78. The summed E-state index contributed by atoms with van der Waals surface area (Å²) in [6.07, 6.45) is 0. The average Bonchev–Trinajstić information content (AvgIpc) is 2.92. The molecule has 1 heterocycles. The summed E-state index contributed by atoms with van der Waals surface area (Å²) in [4.78, 5) is 0. The summed E-state index contributed by atoms with van der Waals surface area (Å²) in [7, 11) is 0. The molecular weight excluding hydrogens is 274 g/mol. The third-order valence-corrected chi connectivity index (χ3v) is 3.83. The zero-order valence-electron chi connectivity index (χ0n) is 12.8. The lowest BCUT2D eigenvalue weighted by Crippen LogP contribution is -2.06. The van der Waals surface area contributed by atoms with Crippen LogP contribution in [0.5, 0.6) is 0 Å². The zero-order valence-corrected chi connectivity index (χ0v) is 12.8. The molecule has 22 heavy (non-hydrogen) atoms. The van der Waals surface area contributed by atoms with Crippen molar-refractivity contribution in [2.45, 2.75) is 27.0 Å². The second-order valence-corrected chi connectivity index (χ2v) is 5.50. The Morgan fingerprint density at radius 3 is 2.59 bits per heavy atom. The standard InChI is InChI=1S/C18H19N3O/c1-13-6-5-9-15(10-13)18-17(12-22)19-20-21(18)11-16-8-4-3-7-14(16)2/h3-10,22H,11-12H2,1-2H3. The Hall–Kier alpha value is -2.46. The Kier molecular flexibility index (Phi) is 4.02. The Morgan fingerprint density at radius 1 is 1.05 bits per heavy atom. The first kappa shape index (κ1) is 14.5. The highest BCUT2D eigenvalue weighted by Gasteiger charge is 2.15. The summed E-state index contributed by atoms with van der Waals surface area (Å²) >= 11 is 0. The maximum atomic E-state index is 9.57. The molecule has 0 atom stereocenters. The monoisotopic (exact) mass is 293 g/mol. The zero-order chi connectivity index (χ0) is 15.5. The maximum Gasteiger partial charge on any atom is 0.116 e. The van der Waals surface area contributed by atoms with E-state index in [4.69, 9.17) is 0 Å². The van der Waals surface area contributed by atoms with Gasteiger partial charge in [-0.05, 0) is 31.0 Å². The largest absolute Gasteiger partial charge is 0.390 e. The lowest BCUT2D eigenvalue weighted by Gasteiger charge is -2.10. The second kappa shape index (κ2) is 6.12. The van der Waals surface area contributed by atoms with Crippen molar-refractivity contribution in [2.24, 2.45) is 0 Å². The maximum absolute atomic E-state index is 9.57. The van der Waals surface area contributed by atoms with Crippen LogP contribution in [0, 0.1) is 13.8 Å². The van der Waals surface area contributed by atoms with E-state index >= 15 is 0 Å². The molecule has 4 nitrogen and oxygen atoms in total. The van der Waals surface area contributed by atoms with Gasteiger partial charge in [0.2, 0.25) is 0 Å². The van der Waals surface area contributed by atoms with Crippen LogP contribution in [0.3, 0.4) is 0 Å².